The molecule has 108 valence electrons. The molecule has 6 heteroatoms. The summed E-state index contributed by atoms with van der Waals surface area (Å²) in [6.45, 7) is 8.97. The molecule has 6 nitrogen and oxygen atoms in total. The van der Waals surface area contributed by atoms with Crippen molar-refractivity contribution in [1.82, 2.24) is 4.90 Å². The number of rotatable bonds is 2. The van der Waals surface area contributed by atoms with Crippen molar-refractivity contribution in [3.05, 3.63) is 0 Å². The lowest BCUT2D eigenvalue weighted by Crippen LogP contribution is -2.53. The van der Waals surface area contributed by atoms with E-state index in [9.17, 15) is 9.90 Å². The van der Waals surface area contributed by atoms with Crippen molar-refractivity contribution in [2.45, 2.75) is 64.5 Å². The molecule has 1 aliphatic rings. The quantitative estimate of drug-likeness (QED) is 0.824. The maximum atomic E-state index is 12.2. The highest BCUT2D eigenvalue weighted by molar-refractivity contribution is 5.69. The molecule has 0 saturated carbocycles. The zero-order valence-corrected chi connectivity index (χ0v) is 12.1. The molecular formula is C13H22N2O4. The smallest absolute Gasteiger partial charge is 0.412 e. The molecule has 2 unspecified atom stereocenters. The average molecular weight is 270 g/mol. The fourth-order valence-corrected chi connectivity index (χ4v) is 2.01. The lowest BCUT2D eigenvalue weighted by atomic mass is 10.1. The molecule has 0 aliphatic carbocycles. The second-order valence-electron chi connectivity index (χ2n) is 6.11. The fourth-order valence-electron chi connectivity index (χ4n) is 2.01. The van der Waals surface area contributed by atoms with Gasteiger partial charge in [-0.25, -0.2) is 4.79 Å². The third-order valence-electron chi connectivity index (χ3n) is 2.85. The summed E-state index contributed by atoms with van der Waals surface area (Å²) in [5.41, 5.74) is -1.48. The van der Waals surface area contributed by atoms with E-state index in [4.69, 9.17) is 14.7 Å². The Morgan fingerprint density at radius 1 is 1.63 bits per heavy atom. The Morgan fingerprint density at radius 3 is 2.68 bits per heavy atom. The van der Waals surface area contributed by atoms with Crippen LogP contribution in [0.4, 0.5) is 4.79 Å². The van der Waals surface area contributed by atoms with Gasteiger partial charge < -0.3 is 14.6 Å². The highest BCUT2D eigenvalue weighted by Crippen LogP contribution is 2.31. The Balaban J connectivity index is 2.90. The van der Waals surface area contributed by atoms with E-state index in [-0.39, 0.29) is 13.0 Å². The van der Waals surface area contributed by atoms with Gasteiger partial charge in [0.2, 0.25) is 0 Å². The van der Waals surface area contributed by atoms with Gasteiger partial charge in [0.25, 0.3) is 0 Å². The number of hydrogen-bond donors (Lipinski definition) is 1. The van der Waals surface area contributed by atoms with Gasteiger partial charge in [-0.3, -0.25) is 4.90 Å². The minimum Gasteiger partial charge on any atom is -0.444 e. The molecule has 1 fully saturated rings. The lowest BCUT2D eigenvalue weighted by Gasteiger charge is -2.36. The van der Waals surface area contributed by atoms with Gasteiger partial charge in [-0.1, -0.05) is 0 Å². The molecule has 1 rings (SSSR count). The summed E-state index contributed by atoms with van der Waals surface area (Å²) in [6, 6.07) is 1.33. The van der Waals surface area contributed by atoms with Gasteiger partial charge in [0, 0.05) is 0 Å². The van der Waals surface area contributed by atoms with E-state index in [0.29, 0.717) is 0 Å². The number of carbonyl (C=O) groups is 1. The van der Waals surface area contributed by atoms with Crippen LogP contribution in [0, 0.1) is 11.3 Å². The van der Waals surface area contributed by atoms with Gasteiger partial charge in [0.1, 0.15) is 11.3 Å². The van der Waals surface area contributed by atoms with Crippen molar-refractivity contribution in [3.8, 4) is 6.07 Å². The van der Waals surface area contributed by atoms with E-state index in [2.05, 4.69) is 0 Å². The van der Waals surface area contributed by atoms with Crippen molar-refractivity contribution in [3.63, 3.8) is 0 Å². The Labute approximate surface area is 113 Å². The molecule has 19 heavy (non-hydrogen) atoms. The third-order valence-corrected chi connectivity index (χ3v) is 2.85. The first-order chi connectivity index (χ1) is 8.58. The maximum Gasteiger partial charge on any atom is 0.412 e. The SMILES string of the molecule is CC(C)(C)OC(=O)N1C(C(O)CC#N)COC1(C)C. The van der Waals surface area contributed by atoms with Crippen molar-refractivity contribution in [1.29, 1.82) is 5.26 Å². The van der Waals surface area contributed by atoms with Crippen LogP contribution < -0.4 is 0 Å². The van der Waals surface area contributed by atoms with E-state index in [1.54, 1.807) is 34.6 Å². The van der Waals surface area contributed by atoms with Crippen LogP contribution in [0.5, 0.6) is 0 Å². The normalized spacial score (nSPS) is 23.8. The number of aliphatic hydroxyl groups excluding tert-OH is 1. The molecule has 0 aromatic rings. The van der Waals surface area contributed by atoms with Gasteiger partial charge in [-0.15, -0.1) is 0 Å². The predicted molar refractivity (Wildman–Crippen MR) is 68.1 cm³/mol. The molecule has 1 aliphatic heterocycles. The summed E-state index contributed by atoms with van der Waals surface area (Å²) in [4.78, 5) is 13.6. The summed E-state index contributed by atoms with van der Waals surface area (Å²) >= 11 is 0. The standard InChI is InChI=1S/C13H22N2O4/c1-12(2,3)19-11(17)15-9(10(16)6-7-14)8-18-13(15,4)5/h9-10,16H,6,8H2,1-5H3. The highest BCUT2D eigenvalue weighted by Gasteiger charge is 2.48. The molecule has 1 amide bonds. The Morgan fingerprint density at radius 2 is 2.21 bits per heavy atom. The monoisotopic (exact) mass is 270 g/mol. The van der Waals surface area contributed by atoms with Crippen LogP contribution in [0.2, 0.25) is 0 Å². The Hall–Kier alpha value is -1.32. The second-order valence-corrected chi connectivity index (χ2v) is 6.11. The van der Waals surface area contributed by atoms with Crippen LogP contribution in [-0.2, 0) is 9.47 Å². The molecule has 0 aromatic heterocycles. The number of hydrogen-bond acceptors (Lipinski definition) is 5. The summed E-state index contributed by atoms with van der Waals surface area (Å²) < 4.78 is 10.9. The first-order valence-corrected chi connectivity index (χ1v) is 6.30. The number of ether oxygens (including phenoxy) is 2. The molecule has 0 bridgehead atoms. The van der Waals surface area contributed by atoms with Crippen molar-refractivity contribution >= 4 is 6.09 Å². The summed E-state index contributed by atoms with van der Waals surface area (Å²) in [5, 5.41) is 18.6. The molecule has 1 saturated heterocycles. The second kappa shape index (κ2) is 5.35. The average Bonchev–Trinajstić information content (AvgIpc) is 2.51. The van der Waals surface area contributed by atoms with Crippen molar-refractivity contribution in [2.24, 2.45) is 0 Å². The van der Waals surface area contributed by atoms with Gasteiger partial charge in [0.15, 0.2) is 0 Å². The zero-order valence-electron chi connectivity index (χ0n) is 12.1. The summed E-state index contributed by atoms with van der Waals surface area (Å²) in [5.74, 6) is 0. The van der Waals surface area contributed by atoms with Gasteiger partial charge in [-0.05, 0) is 34.6 Å². The van der Waals surface area contributed by atoms with Crippen LogP contribution in [0.15, 0.2) is 0 Å². The Bertz CT molecular complexity index is 381. The lowest BCUT2D eigenvalue weighted by molar-refractivity contribution is -0.0675. The number of aliphatic hydroxyl groups is 1. The van der Waals surface area contributed by atoms with Crippen LogP contribution in [0.25, 0.3) is 0 Å². The van der Waals surface area contributed by atoms with Crippen molar-refractivity contribution in [2.75, 3.05) is 6.61 Å². The molecule has 0 aromatic carbocycles. The zero-order chi connectivity index (χ0) is 14.8. The van der Waals surface area contributed by atoms with Gasteiger partial charge in [0.05, 0.1) is 31.2 Å². The number of carbonyl (C=O) groups excluding carboxylic acids is 1. The van der Waals surface area contributed by atoms with Crippen LogP contribution >= 0.6 is 0 Å². The van der Waals surface area contributed by atoms with E-state index in [1.165, 1.54) is 4.90 Å². The largest absolute Gasteiger partial charge is 0.444 e. The van der Waals surface area contributed by atoms with E-state index < -0.39 is 29.6 Å². The van der Waals surface area contributed by atoms with E-state index in [0.717, 1.165) is 0 Å². The molecular weight excluding hydrogens is 248 g/mol. The Kier molecular flexibility index (Phi) is 4.43. The molecule has 0 radical (unpaired) electrons. The number of amides is 1. The highest BCUT2D eigenvalue weighted by atomic mass is 16.6. The third kappa shape index (κ3) is 3.82. The number of nitriles is 1. The topological polar surface area (TPSA) is 82.8 Å². The van der Waals surface area contributed by atoms with E-state index >= 15 is 0 Å². The van der Waals surface area contributed by atoms with Crippen LogP contribution in [0.3, 0.4) is 0 Å². The van der Waals surface area contributed by atoms with Crippen molar-refractivity contribution < 1.29 is 19.4 Å². The molecule has 0 spiro atoms. The van der Waals surface area contributed by atoms with E-state index in [1.807, 2.05) is 6.07 Å². The van der Waals surface area contributed by atoms with Crippen LogP contribution in [-0.4, -0.2) is 46.2 Å². The maximum absolute atomic E-state index is 12.2. The first-order valence-electron chi connectivity index (χ1n) is 6.30. The van der Waals surface area contributed by atoms with Gasteiger partial charge >= 0.3 is 6.09 Å². The van der Waals surface area contributed by atoms with Gasteiger partial charge in [-0.2, -0.15) is 5.26 Å². The molecule has 1 heterocycles. The molecule has 1 N–H and O–H groups in total. The number of nitrogens with zero attached hydrogens (tertiary/aromatic N) is 2. The minimum atomic E-state index is -0.945. The first kappa shape index (κ1) is 15.7. The summed E-state index contributed by atoms with van der Waals surface area (Å²) in [7, 11) is 0. The predicted octanol–water partition coefficient (Wildman–Crippen LogP) is 1.63. The minimum absolute atomic E-state index is 0.0522. The fraction of sp³-hybridized carbons (Fsp3) is 0.846. The molecule has 2 atom stereocenters. The summed E-state index contributed by atoms with van der Waals surface area (Å²) in [6.07, 6.45) is -1.54. The van der Waals surface area contributed by atoms with Crippen LogP contribution in [0.1, 0.15) is 41.0 Å².